The minimum absolute atomic E-state index is 0.0559. The molecule has 2 unspecified atom stereocenters. The highest BCUT2D eigenvalue weighted by molar-refractivity contribution is 5.93. The molecule has 0 aromatic heterocycles. The van der Waals surface area contributed by atoms with Crippen LogP contribution in [0.1, 0.15) is 26.2 Å². The van der Waals surface area contributed by atoms with E-state index in [1.807, 2.05) is 0 Å². The van der Waals surface area contributed by atoms with Crippen LogP contribution in [-0.4, -0.2) is 37.4 Å². The molecule has 1 aliphatic carbocycles. The average Bonchev–Trinajstić information content (AvgIpc) is 2.80. The van der Waals surface area contributed by atoms with E-state index in [-0.39, 0.29) is 30.9 Å². The monoisotopic (exact) mass is 254 g/mol. The second kappa shape index (κ2) is 5.63. The number of hydrogen-bond donors (Lipinski definition) is 0. The van der Waals surface area contributed by atoms with Crippen LogP contribution < -0.4 is 0 Å². The quantitative estimate of drug-likeness (QED) is 0.706. The van der Waals surface area contributed by atoms with E-state index in [1.54, 1.807) is 19.1 Å². The predicted octanol–water partition coefficient (Wildman–Crippen LogP) is 1.22. The van der Waals surface area contributed by atoms with Crippen LogP contribution >= 0.6 is 0 Å². The van der Waals surface area contributed by atoms with Crippen molar-refractivity contribution in [1.29, 1.82) is 0 Å². The minimum atomic E-state index is -0.465. The lowest BCUT2D eigenvalue weighted by atomic mass is 9.80. The lowest BCUT2D eigenvalue weighted by Crippen LogP contribution is -2.37. The number of rotatable bonds is 4. The zero-order valence-electron chi connectivity index (χ0n) is 10.5. The van der Waals surface area contributed by atoms with Crippen LogP contribution in [0.4, 0.5) is 0 Å². The van der Waals surface area contributed by atoms with Crippen molar-refractivity contribution in [2.45, 2.75) is 31.8 Å². The first kappa shape index (κ1) is 13.2. The molecular formula is C13H18O5. The number of ether oxygens (including phenoxy) is 3. The van der Waals surface area contributed by atoms with Gasteiger partial charge in [-0.05, 0) is 31.9 Å². The molecule has 5 nitrogen and oxygen atoms in total. The summed E-state index contributed by atoms with van der Waals surface area (Å²) in [6.45, 7) is 2.89. The van der Waals surface area contributed by atoms with Gasteiger partial charge in [0.05, 0.1) is 13.2 Å². The summed E-state index contributed by atoms with van der Waals surface area (Å²) in [5.74, 6) is -0.376. The Morgan fingerprint density at radius 2 is 2.44 bits per heavy atom. The molecule has 100 valence electrons. The Kier molecular flexibility index (Phi) is 4.14. The highest BCUT2D eigenvalue weighted by Gasteiger charge is 2.40. The molecule has 2 atom stereocenters. The highest BCUT2D eigenvalue weighted by atomic mass is 16.7. The van der Waals surface area contributed by atoms with Gasteiger partial charge in [0, 0.05) is 12.3 Å². The zero-order valence-corrected chi connectivity index (χ0v) is 10.5. The van der Waals surface area contributed by atoms with Gasteiger partial charge in [0.1, 0.15) is 12.4 Å². The van der Waals surface area contributed by atoms with E-state index < -0.39 is 5.60 Å². The summed E-state index contributed by atoms with van der Waals surface area (Å²) in [7, 11) is 0. The Bertz CT molecular complexity index is 354. The summed E-state index contributed by atoms with van der Waals surface area (Å²) in [6, 6.07) is 0. The molecule has 1 spiro atoms. The largest absolute Gasteiger partial charge is 0.466 e. The molecule has 1 fully saturated rings. The SMILES string of the molecule is CCOC(=O)CCC1CC2(C=CC1=O)COCO2. The molecular weight excluding hydrogens is 236 g/mol. The van der Waals surface area contributed by atoms with E-state index in [1.165, 1.54) is 0 Å². The third-order valence-corrected chi connectivity index (χ3v) is 3.32. The first-order chi connectivity index (χ1) is 8.65. The number of hydrogen-bond acceptors (Lipinski definition) is 5. The Morgan fingerprint density at radius 1 is 1.61 bits per heavy atom. The van der Waals surface area contributed by atoms with Gasteiger partial charge in [-0.15, -0.1) is 0 Å². The van der Waals surface area contributed by atoms with Crippen molar-refractivity contribution in [3.05, 3.63) is 12.2 Å². The van der Waals surface area contributed by atoms with Crippen LogP contribution in [0.25, 0.3) is 0 Å². The number of allylic oxidation sites excluding steroid dienone is 1. The van der Waals surface area contributed by atoms with Crippen LogP contribution in [0.15, 0.2) is 12.2 Å². The van der Waals surface area contributed by atoms with Gasteiger partial charge in [0.25, 0.3) is 0 Å². The third kappa shape index (κ3) is 2.97. The Hall–Kier alpha value is -1.20. The van der Waals surface area contributed by atoms with Crippen molar-refractivity contribution >= 4 is 11.8 Å². The minimum Gasteiger partial charge on any atom is -0.466 e. The van der Waals surface area contributed by atoms with Crippen LogP contribution in [0.3, 0.4) is 0 Å². The van der Waals surface area contributed by atoms with E-state index in [4.69, 9.17) is 14.2 Å². The van der Waals surface area contributed by atoms with Crippen molar-refractivity contribution in [3.8, 4) is 0 Å². The standard InChI is InChI=1S/C13H18O5/c1-2-17-12(15)4-3-10-7-13(6-5-11(10)14)8-16-9-18-13/h5-6,10H,2-4,7-9H2,1H3. The van der Waals surface area contributed by atoms with Gasteiger partial charge in [0.15, 0.2) is 5.78 Å². The van der Waals surface area contributed by atoms with E-state index in [2.05, 4.69) is 0 Å². The number of carbonyl (C=O) groups excluding carboxylic acids is 2. The summed E-state index contributed by atoms with van der Waals surface area (Å²) >= 11 is 0. The van der Waals surface area contributed by atoms with Crippen LogP contribution in [0.5, 0.6) is 0 Å². The smallest absolute Gasteiger partial charge is 0.305 e. The lowest BCUT2D eigenvalue weighted by Gasteiger charge is -2.30. The van der Waals surface area contributed by atoms with E-state index in [0.717, 1.165) is 0 Å². The van der Waals surface area contributed by atoms with Gasteiger partial charge >= 0.3 is 5.97 Å². The van der Waals surface area contributed by atoms with Gasteiger partial charge in [-0.25, -0.2) is 0 Å². The maximum atomic E-state index is 11.8. The van der Waals surface area contributed by atoms with Crippen molar-refractivity contribution in [3.63, 3.8) is 0 Å². The van der Waals surface area contributed by atoms with Gasteiger partial charge in [-0.1, -0.05) is 0 Å². The second-order valence-corrected chi connectivity index (χ2v) is 4.66. The summed E-state index contributed by atoms with van der Waals surface area (Å²) < 4.78 is 15.6. The molecule has 1 heterocycles. The molecule has 0 aromatic rings. The molecule has 5 heteroatoms. The van der Waals surface area contributed by atoms with Crippen molar-refractivity contribution in [2.24, 2.45) is 5.92 Å². The molecule has 0 aromatic carbocycles. The lowest BCUT2D eigenvalue weighted by molar-refractivity contribution is -0.143. The van der Waals surface area contributed by atoms with E-state index in [0.29, 0.717) is 26.1 Å². The average molecular weight is 254 g/mol. The molecule has 1 aliphatic heterocycles. The third-order valence-electron chi connectivity index (χ3n) is 3.32. The van der Waals surface area contributed by atoms with E-state index in [9.17, 15) is 9.59 Å². The summed E-state index contributed by atoms with van der Waals surface area (Å²) in [6.07, 6.45) is 4.70. The molecule has 0 N–H and O–H groups in total. The summed E-state index contributed by atoms with van der Waals surface area (Å²) in [5.41, 5.74) is -0.465. The molecule has 0 amide bonds. The van der Waals surface area contributed by atoms with Crippen LogP contribution in [0.2, 0.25) is 0 Å². The first-order valence-electron chi connectivity index (χ1n) is 6.25. The fourth-order valence-electron chi connectivity index (χ4n) is 2.35. The van der Waals surface area contributed by atoms with Crippen LogP contribution in [0, 0.1) is 5.92 Å². The zero-order chi connectivity index (χ0) is 13.0. The molecule has 0 bridgehead atoms. The fraction of sp³-hybridized carbons (Fsp3) is 0.692. The van der Waals surface area contributed by atoms with Gasteiger partial charge in [-0.2, -0.15) is 0 Å². The van der Waals surface area contributed by atoms with Crippen LogP contribution in [-0.2, 0) is 23.8 Å². The Morgan fingerprint density at radius 3 is 3.11 bits per heavy atom. The molecule has 0 saturated carbocycles. The maximum absolute atomic E-state index is 11.8. The van der Waals surface area contributed by atoms with Crippen molar-refractivity contribution < 1.29 is 23.8 Å². The maximum Gasteiger partial charge on any atom is 0.305 e. The number of ketones is 1. The molecule has 2 aliphatic rings. The first-order valence-corrected chi connectivity index (χ1v) is 6.25. The number of carbonyl (C=O) groups is 2. The van der Waals surface area contributed by atoms with E-state index >= 15 is 0 Å². The van der Waals surface area contributed by atoms with Crippen molar-refractivity contribution in [2.75, 3.05) is 20.0 Å². The van der Waals surface area contributed by atoms with Crippen molar-refractivity contribution in [1.82, 2.24) is 0 Å². The van der Waals surface area contributed by atoms with Gasteiger partial charge in [-0.3, -0.25) is 9.59 Å². The summed E-state index contributed by atoms with van der Waals surface area (Å²) in [5, 5.41) is 0. The molecule has 1 saturated heterocycles. The molecule has 2 rings (SSSR count). The fourth-order valence-corrected chi connectivity index (χ4v) is 2.35. The normalized spacial score (nSPS) is 30.9. The topological polar surface area (TPSA) is 61.8 Å². The van der Waals surface area contributed by atoms with Gasteiger partial charge < -0.3 is 14.2 Å². The number of esters is 1. The highest BCUT2D eigenvalue weighted by Crippen LogP contribution is 2.34. The summed E-state index contributed by atoms with van der Waals surface area (Å²) in [4.78, 5) is 23.1. The molecule has 18 heavy (non-hydrogen) atoms. The van der Waals surface area contributed by atoms with Gasteiger partial charge in [0.2, 0.25) is 0 Å². The molecule has 0 radical (unpaired) electrons. The Labute approximate surface area is 106 Å². The Balaban J connectivity index is 1.90. The predicted molar refractivity (Wildman–Crippen MR) is 62.8 cm³/mol. The second-order valence-electron chi connectivity index (χ2n) is 4.66.